The lowest BCUT2D eigenvalue weighted by Crippen LogP contribution is -2.27. The number of rotatable bonds is 3. The molecular formula is C14H14BrN5O2. The molecule has 8 heteroatoms. The Morgan fingerprint density at radius 1 is 1.32 bits per heavy atom. The first-order chi connectivity index (χ1) is 10.5. The third-order valence-electron chi connectivity index (χ3n) is 3.48. The van der Waals surface area contributed by atoms with E-state index in [-0.39, 0.29) is 17.6 Å². The molecule has 114 valence electrons. The number of nitrogens with zero attached hydrogens (tertiary/aromatic N) is 1. The highest BCUT2D eigenvalue weighted by Crippen LogP contribution is 2.20. The Morgan fingerprint density at radius 2 is 2.05 bits per heavy atom. The van der Waals surface area contributed by atoms with E-state index in [1.165, 1.54) is 0 Å². The van der Waals surface area contributed by atoms with Gasteiger partial charge >= 0.3 is 5.69 Å². The Bertz CT molecular complexity index is 907. The zero-order valence-corrected chi connectivity index (χ0v) is 13.5. The number of benzene rings is 1. The Morgan fingerprint density at radius 3 is 2.73 bits per heavy atom. The number of carbonyl (C=O) groups excluding carboxylic acids is 1. The predicted octanol–water partition coefficient (Wildman–Crippen LogP) is 2.14. The number of imidazole rings is 1. The highest BCUT2D eigenvalue weighted by Gasteiger charge is 2.18. The maximum Gasteiger partial charge on any atom is 0.323 e. The van der Waals surface area contributed by atoms with Gasteiger partial charge in [0.2, 0.25) is 0 Å². The minimum absolute atomic E-state index is 0.223. The van der Waals surface area contributed by atoms with Gasteiger partial charge < -0.3 is 15.3 Å². The first kappa shape index (κ1) is 14.6. The van der Waals surface area contributed by atoms with Crippen LogP contribution >= 0.6 is 15.9 Å². The van der Waals surface area contributed by atoms with Crippen LogP contribution in [0.15, 0.2) is 27.5 Å². The van der Waals surface area contributed by atoms with Gasteiger partial charge in [0.1, 0.15) is 0 Å². The number of hydrogen-bond donors (Lipinski definition) is 4. The summed E-state index contributed by atoms with van der Waals surface area (Å²) in [7, 11) is 0. The number of hydrogen-bond acceptors (Lipinski definition) is 3. The van der Waals surface area contributed by atoms with Crippen molar-refractivity contribution < 1.29 is 4.79 Å². The van der Waals surface area contributed by atoms with Crippen molar-refractivity contribution >= 4 is 32.9 Å². The summed E-state index contributed by atoms with van der Waals surface area (Å²) in [6.45, 7) is 3.70. The highest BCUT2D eigenvalue weighted by molar-refractivity contribution is 9.10. The topological polar surface area (TPSA) is 106 Å². The van der Waals surface area contributed by atoms with E-state index in [1.807, 2.05) is 26.0 Å². The average Bonchev–Trinajstić information content (AvgIpc) is 3.00. The van der Waals surface area contributed by atoms with Crippen molar-refractivity contribution in [3.63, 3.8) is 0 Å². The summed E-state index contributed by atoms with van der Waals surface area (Å²) in [5, 5.41) is 9.62. The number of nitrogens with one attached hydrogen (secondary N) is 4. The van der Waals surface area contributed by atoms with E-state index in [4.69, 9.17) is 0 Å². The summed E-state index contributed by atoms with van der Waals surface area (Å²) in [6.07, 6.45) is 0. The molecule has 0 bridgehead atoms. The second-order valence-electron chi connectivity index (χ2n) is 5.09. The molecule has 3 rings (SSSR count). The molecule has 22 heavy (non-hydrogen) atoms. The van der Waals surface area contributed by atoms with Gasteiger partial charge in [0.15, 0.2) is 5.69 Å². The lowest BCUT2D eigenvalue weighted by molar-refractivity contribution is 0.0934. The average molecular weight is 364 g/mol. The number of aromatic nitrogens is 4. The molecule has 0 saturated carbocycles. The van der Waals surface area contributed by atoms with Crippen LogP contribution in [0.2, 0.25) is 0 Å². The van der Waals surface area contributed by atoms with E-state index < -0.39 is 0 Å². The second kappa shape index (κ2) is 5.45. The lowest BCUT2D eigenvalue weighted by Gasteiger charge is -2.13. The quantitative estimate of drug-likeness (QED) is 0.572. The van der Waals surface area contributed by atoms with Gasteiger partial charge in [-0.1, -0.05) is 6.07 Å². The number of aryl methyl sites for hydroxylation is 1. The summed E-state index contributed by atoms with van der Waals surface area (Å²) in [5.74, 6) is -0.272. The minimum atomic E-state index is -0.272. The van der Waals surface area contributed by atoms with Gasteiger partial charge in [-0.3, -0.25) is 9.89 Å². The van der Waals surface area contributed by atoms with Crippen LogP contribution in [0.5, 0.6) is 0 Å². The fourth-order valence-corrected chi connectivity index (χ4v) is 2.59. The zero-order chi connectivity index (χ0) is 15.9. The number of amides is 1. The zero-order valence-electron chi connectivity index (χ0n) is 12.0. The largest absolute Gasteiger partial charge is 0.344 e. The summed E-state index contributed by atoms with van der Waals surface area (Å²) < 4.78 is 0.655. The summed E-state index contributed by atoms with van der Waals surface area (Å²) >= 11 is 3.33. The number of carbonyl (C=O) groups is 1. The molecule has 0 aliphatic rings. The molecule has 7 nitrogen and oxygen atoms in total. The van der Waals surface area contributed by atoms with Crippen molar-refractivity contribution in [2.75, 3.05) is 0 Å². The second-order valence-corrected chi connectivity index (χ2v) is 5.88. The monoisotopic (exact) mass is 363 g/mol. The molecule has 0 spiro atoms. The Balaban J connectivity index is 1.83. The number of fused-ring (bicyclic) bond motifs is 1. The van der Waals surface area contributed by atoms with Gasteiger partial charge in [-0.05, 0) is 47.5 Å². The smallest absolute Gasteiger partial charge is 0.323 e. The van der Waals surface area contributed by atoms with Crippen LogP contribution in [-0.4, -0.2) is 26.1 Å². The number of halogens is 1. The van der Waals surface area contributed by atoms with Crippen molar-refractivity contribution in [2.45, 2.75) is 19.9 Å². The van der Waals surface area contributed by atoms with Crippen LogP contribution < -0.4 is 11.0 Å². The fourth-order valence-electron chi connectivity index (χ4n) is 2.23. The highest BCUT2D eigenvalue weighted by atomic mass is 79.9. The summed E-state index contributed by atoms with van der Waals surface area (Å²) in [6, 6.07) is 5.28. The molecule has 1 aromatic carbocycles. The Kier molecular flexibility index (Phi) is 3.61. The molecule has 1 amide bonds. The number of H-pyrrole nitrogens is 3. The normalized spacial score (nSPS) is 12.5. The maximum absolute atomic E-state index is 12.2. The van der Waals surface area contributed by atoms with Crippen molar-refractivity contribution in [3.8, 4) is 0 Å². The van der Waals surface area contributed by atoms with Crippen LogP contribution in [0.4, 0.5) is 0 Å². The summed E-state index contributed by atoms with van der Waals surface area (Å²) in [5.41, 5.74) is 3.20. The minimum Gasteiger partial charge on any atom is -0.344 e. The SMILES string of the molecule is Cc1[nH]nc(C(=O)NC(C)c2ccc3[nH]c(=O)[nH]c3c2)c1Br. The standard InChI is InChI=1S/C14H14BrN5O2/c1-6(16-13(21)12-11(15)7(2)19-20-12)8-3-4-9-10(5-8)18-14(22)17-9/h3-6H,1-2H3,(H,16,21)(H,19,20)(H2,17,18,22). The molecule has 0 radical (unpaired) electrons. The molecule has 0 aliphatic heterocycles. The van der Waals surface area contributed by atoms with E-state index >= 15 is 0 Å². The van der Waals surface area contributed by atoms with Crippen molar-refractivity contribution in [2.24, 2.45) is 0 Å². The third kappa shape index (κ3) is 2.57. The van der Waals surface area contributed by atoms with E-state index in [9.17, 15) is 9.59 Å². The van der Waals surface area contributed by atoms with Crippen LogP contribution in [-0.2, 0) is 0 Å². The van der Waals surface area contributed by atoms with Gasteiger partial charge in [-0.2, -0.15) is 5.10 Å². The van der Waals surface area contributed by atoms with E-state index in [0.717, 1.165) is 16.8 Å². The van der Waals surface area contributed by atoms with Gasteiger partial charge in [0.05, 0.1) is 21.5 Å². The predicted molar refractivity (Wildman–Crippen MR) is 85.8 cm³/mol. The van der Waals surface area contributed by atoms with Gasteiger partial charge in [0, 0.05) is 5.69 Å². The van der Waals surface area contributed by atoms with Crippen molar-refractivity contribution in [3.05, 3.63) is 50.1 Å². The number of aromatic amines is 3. The van der Waals surface area contributed by atoms with Crippen LogP contribution in [0.25, 0.3) is 11.0 Å². The molecule has 0 fully saturated rings. The molecule has 1 unspecified atom stereocenters. The van der Waals surface area contributed by atoms with Crippen molar-refractivity contribution in [1.82, 2.24) is 25.5 Å². The molecule has 2 aromatic heterocycles. The van der Waals surface area contributed by atoms with E-state index in [2.05, 4.69) is 41.4 Å². The van der Waals surface area contributed by atoms with Crippen LogP contribution in [0.3, 0.4) is 0 Å². The molecule has 2 heterocycles. The Hall–Kier alpha value is -2.35. The molecular weight excluding hydrogens is 350 g/mol. The van der Waals surface area contributed by atoms with Crippen molar-refractivity contribution in [1.29, 1.82) is 0 Å². The van der Waals surface area contributed by atoms with E-state index in [1.54, 1.807) is 6.07 Å². The first-order valence-corrected chi connectivity index (χ1v) is 7.48. The molecule has 0 saturated heterocycles. The van der Waals surface area contributed by atoms with Gasteiger partial charge in [0.25, 0.3) is 5.91 Å². The molecule has 0 aliphatic carbocycles. The third-order valence-corrected chi connectivity index (χ3v) is 4.45. The van der Waals surface area contributed by atoms with E-state index in [0.29, 0.717) is 15.7 Å². The molecule has 3 aromatic rings. The molecule has 4 N–H and O–H groups in total. The lowest BCUT2D eigenvalue weighted by atomic mass is 10.1. The fraction of sp³-hybridized carbons (Fsp3) is 0.214. The van der Waals surface area contributed by atoms with Crippen LogP contribution in [0.1, 0.15) is 34.7 Å². The Labute approximate surface area is 133 Å². The van der Waals surface area contributed by atoms with Crippen LogP contribution in [0, 0.1) is 6.92 Å². The maximum atomic E-state index is 12.2. The first-order valence-electron chi connectivity index (χ1n) is 6.69. The van der Waals surface area contributed by atoms with Gasteiger partial charge in [-0.15, -0.1) is 0 Å². The summed E-state index contributed by atoms with van der Waals surface area (Å²) in [4.78, 5) is 28.9. The molecule has 1 atom stereocenters. The van der Waals surface area contributed by atoms with Gasteiger partial charge in [-0.25, -0.2) is 4.79 Å².